The van der Waals surface area contributed by atoms with Crippen molar-refractivity contribution in [3.63, 3.8) is 0 Å². The lowest BCUT2D eigenvalue weighted by molar-refractivity contribution is -0.131. The van der Waals surface area contributed by atoms with Crippen LogP contribution in [-0.2, 0) is 43.0 Å². The minimum atomic E-state index is -4.34. The number of hydrogen-bond donors (Lipinski definition) is 2. The van der Waals surface area contributed by atoms with Gasteiger partial charge in [-0.05, 0) is 81.1 Å². The van der Waals surface area contributed by atoms with Gasteiger partial charge in [-0.25, -0.2) is 12.7 Å². The van der Waals surface area contributed by atoms with Crippen molar-refractivity contribution in [3.05, 3.63) is 94.4 Å². The molecule has 1 amide bonds. The van der Waals surface area contributed by atoms with Crippen molar-refractivity contribution >= 4 is 33.3 Å². The van der Waals surface area contributed by atoms with E-state index in [0.717, 1.165) is 71.8 Å². The Morgan fingerprint density at radius 3 is 2.50 bits per heavy atom. The molecule has 0 bridgehead atoms. The van der Waals surface area contributed by atoms with Crippen LogP contribution in [-0.4, -0.2) is 56.2 Å². The number of benzene rings is 2. The normalized spacial score (nSPS) is 19.4. The molecule has 1 atom stereocenters. The number of allylic oxidation sites excluding steroid dienone is 2. The third kappa shape index (κ3) is 6.77. The number of nitrogens with zero attached hydrogens (tertiary/aromatic N) is 4. The van der Waals surface area contributed by atoms with Crippen LogP contribution in [0.5, 0.6) is 0 Å². The summed E-state index contributed by atoms with van der Waals surface area (Å²) in [5, 5.41) is 7.59. The van der Waals surface area contributed by atoms with Crippen LogP contribution < -0.4 is 15.4 Å². The number of aromatic nitrogens is 1. The number of rotatable bonds is 15. The van der Waals surface area contributed by atoms with Crippen LogP contribution in [0, 0.1) is 13.8 Å². The Bertz CT molecular complexity index is 2000. The van der Waals surface area contributed by atoms with E-state index in [1.165, 1.54) is 13.2 Å². The van der Waals surface area contributed by atoms with E-state index in [0.29, 0.717) is 30.0 Å². The number of aliphatic imine (C=N–C) groups is 1. The number of nitrogen functional groups attached to an aromatic ring is 1. The molecular weight excluding hydrogens is 681 g/mol. The van der Waals surface area contributed by atoms with Crippen LogP contribution in [0.2, 0.25) is 0 Å². The van der Waals surface area contributed by atoms with Gasteiger partial charge in [-0.3, -0.25) is 14.7 Å². The van der Waals surface area contributed by atoms with Gasteiger partial charge in [0.25, 0.3) is 15.9 Å². The molecule has 3 aliphatic rings. The second-order valence-electron chi connectivity index (χ2n) is 13.8. The van der Waals surface area contributed by atoms with Gasteiger partial charge in [-0.15, -0.1) is 0 Å². The molecule has 1 aliphatic carbocycles. The molecule has 3 aromatic rings. The molecule has 6 rings (SSSR count). The van der Waals surface area contributed by atoms with Crippen LogP contribution in [0.4, 0.5) is 11.5 Å². The van der Waals surface area contributed by atoms with Gasteiger partial charge in [0, 0.05) is 37.0 Å². The van der Waals surface area contributed by atoms with E-state index in [9.17, 15) is 13.2 Å². The van der Waals surface area contributed by atoms with E-state index in [1.807, 2.05) is 42.2 Å². The molecule has 52 heavy (non-hydrogen) atoms. The number of amides is 1. The zero-order valence-corrected chi connectivity index (χ0v) is 31.6. The number of aryl methyl sites for hydroxylation is 1. The fourth-order valence-corrected chi connectivity index (χ4v) is 9.17. The summed E-state index contributed by atoms with van der Waals surface area (Å²) in [7, 11) is -2.92. The number of anilines is 2. The minimum absolute atomic E-state index is 0.0233. The first-order valence-electron chi connectivity index (χ1n) is 18.1. The van der Waals surface area contributed by atoms with Gasteiger partial charge < -0.3 is 25.0 Å². The molecule has 1 spiro atoms. The summed E-state index contributed by atoms with van der Waals surface area (Å²) in [6, 6.07) is 11.0. The third-order valence-electron chi connectivity index (χ3n) is 10.4. The summed E-state index contributed by atoms with van der Waals surface area (Å²) in [4.78, 5) is 20.9. The molecule has 13 heteroatoms. The van der Waals surface area contributed by atoms with Crippen molar-refractivity contribution in [2.24, 2.45) is 4.99 Å². The first kappa shape index (κ1) is 37.3. The molecule has 1 fully saturated rings. The largest absolute Gasteiger partial charge is 0.399 e. The van der Waals surface area contributed by atoms with Crippen LogP contribution in [0.3, 0.4) is 0 Å². The van der Waals surface area contributed by atoms with Crippen molar-refractivity contribution in [3.8, 4) is 0 Å². The number of nitrogens with two attached hydrogens (primary N) is 1. The second kappa shape index (κ2) is 15.3. The third-order valence-corrected chi connectivity index (χ3v) is 12.1. The van der Waals surface area contributed by atoms with Gasteiger partial charge in [-0.1, -0.05) is 67.8 Å². The molecule has 278 valence electrons. The maximum atomic E-state index is 14.8. The maximum absolute atomic E-state index is 14.8. The SMILES string of the molecule is CCCCC1=NC2(CCCC2)C(=O)N1Cc1ccc(C2(c3ccc(N)cc3S(=O)(=O)N(COC)c3noc(C)c3C)C=CC=CN2)c(COCC)c1. The molecule has 0 saturated heterocycles. The van der Waals surface area contributed by atoms with E-state index < -0.39 is 21.1 Å². The van der Waals surface area contributed by atoms with Crippen LogP contribution in [0.15, 0.2) is 75.2 Å². The van der Waals surface area contributed by atoms with Gasteiger partial charge in [0.1, 0.15) is 29.4 Å². The number of hydrogen-bond acceptors (Lipinski definition) is 10. The number of methoxy groups -OCH3 is 1. The number of ether oxygens (including phenoxy) is 2. The zero-order chi connectivity index (χ0) is 37.1. The zero-order valence-electron chi connectivity index (χ0n) is 30.8. The molecular formula is C39H50N6O6S. The summed E-state index contributed by atoms with van der Waals surface area (Å²) < 4.78 is 47.5. The molecule has 3 N–H and O–H groups in total. The van der Waals surface area contributed by atoms with Crippen molar-refractivity contribution in [1.82, 2.24) is 15.4 Å². The lowest BCUT2D eigenvalue weighted by atomic mass is 9.78. The molecule has 3 heterocycles. The summed E-state index contributed by atoms with van der Waals surface area (Å²) in [5.74, 6) is 1.60. The van der Waals surface area contributed by atoms with Gasteiger partial charge in [0.2, 0.25) is 0 Å². The smallest absolute Gasteiger partial charge is 0.268 e. The molecule has 12 nitrogen and oxygen atoms in total. The second-order valence-corrected chi connectivity index (χ2v) is 15.6. The number of dihydropyridines is 1. The maximum Gasteiger partial charge on any atom is 0.268 e. The van der Waals surface area contributed by atoms with E-state index in [2.05, 4.69) is 23.5 Å². The van der Waals surface area contributed by atoms with Crippen LogP contribution in [0.1, 0.15) is 92.4 Å². The number of carbonyl (C=O) groups excluding carboxylic acids is 1. The molecule has 2 aromatic carbocycles. The molecule has 1 saturated carbocycles. The van der Waals surface area contributed by atoms with Gasteiger partial charge in [0.15, 0.2) is 5.82 Å². The lowest BCUT2D eigenvalue weighted by Gasteiger charge is -2.38. The Labute approximate surface area is 306 Å². The number of nitrogens with one attached hydrogen (secondary N) is 1. The minimum Gasteiger partial charge on any atom is -0.399 e. The summed E-state index contributed by atoms with van der Waals surface area (Å²) >= 11 is 0. The van der Waals surface area contributed by atoms with Gasteiger partial charge in [-0.2, -0.15) is 0 Å². The highest BCUT2D eigenvalue weighted by Crippen LogP contribution is 2.43. The monoisotopic (exact) mass is 730 g/mol. The Balaban J connectivity index is 1.46. The van der Waals surface area contributed by atoms with Gasteiger partial charge >= 0.3 is 0 Å². The first-order chi connectivity index (χ1) is 25.0. The Morgan fingerprint density at radius 1 is 1.08 bits per heavy atom. The average Bonchev–Trinajstić information content (AvgIpc) is 3.83. The summed E-state index contributed by atoms with van der Waals surface area (Å²) in [5.41, 5.74) is 8.39. The van der Waals surface area contributed by atoms with E-state index >= 15 is 0 Å². The topological polar surface area (TPSA) is 153 Å². The standard InChI is InChI=1S/C39H50N6O6S/c1-6-8-13-35-42-38(18-9-10-19-38)37(46)44(35)24-29-14-16-32(30(22-29)25-50-7-2)39(20-11-12-21-41-39)33-17-15-31(40)23-34(33)52(47,48)45(26-49-5)36-27(3)28(4)51-43-36/h11-12,14-17,20-23,41H,6-10,13,18-19,24-26,40H2,1-5H3. The number of carbonyl (C=O) groups is 1. The Hall–Kier alpha value is -4.46. The predicted octanol–water partition coefficient (Wildman–Crippen LogP) is 6.37. The van der Waals surface area contributed by atoms with Crippen LogP contribution in [0.25, 0.3) is 0 Å². The van der Waals surface area contributed by atoms with Crippen molar-refractivity contribution in [2.75, 3.05) is 30.5 Å². The highest BCUT2D eigenvalue weighted by Gasteiger charge is 2.49. The predicted molar refractivity (Wildman–Crippen MR) is 201 cm³/mol. The van der Waals surface area contributed by atoms with E-state index in [-0.39, 0.29) is 35.6 Å². The highest BCUT2D eigenvalue weighted by atomic mass is 32.2. The molecule has 1 unspecified atom stereocenters. The first-order valence-corrected chi connectivity index (χ1v) is 19.5. The number of amidine groups is 1. The van der Waals surface area contributed by atoms with E-state index in [1.54, 1.807) is 32.2 Å². The fraction of sp³-hybridized carbons (Fsp3) is 0.462. The van der Waals surface area contributed by atoms with Gasteiger partial charge in [0.05, 0.1) is 18.0 Å². The lowest BCUT2D eigenvalue weighted by Crippen LogP contribution is -2.43. The average molecular weight is 731 g/mol. The summed E-state index contributed by atoms with van der Waals surface area (Å²) in [6.45, 7) is 8.39. The Kier molecular flexibility index (Phi) is 10.9. The van der Waals surface area contributed by atoms with E-state index in [4.69, 9.17) is 24.7 Å². The summed E-state index contributed by atoms with van der Waals surface area (Å²) in [6.07, 6.45) is 13.8. The fourth-order valence-electron chi connectivity index (χ4n) is 7.50. The molecule has 0 radical (unpaired) electrons. The van der Waals surface area contributed by atoms with Crippen molar-refractivity contribution < 1.29 is 27.2 Å². The number of unbranched alkanes of at least 4 members (excludes halogenated alkanes) is 1. The van der Waals surface area contributed by atoms with Crippen LogP contribution >= 0.6 is 0 Å². The van der Waals surface area contributed by atoms with Crippen molar-refractivity contribution in [1.29, 1.82) is 0 Å². The Morgan fingerprint density at radius 2 is 1.85 bits per heavy atom. The van der Waals surface area contributed by atoms with Crippen molar-refractivity contribution in [2.45, 2.75) is 102 Å². The molecule has 2 aliphatic heterocycles. The highest BCUT2D eigenvalue weighted by molar-refractivity contribution is 7.92. The quantitative estimate of drug-likeness (QED) is 0.134. The number of sulfonamides is 1. The molecule has 1 aromatic heterocycles.